The molecule has 0 saturated carbocycles. The van der Waals surface area contributed by atoms with E-state index in [2.05, 4.69) is 60.7 Å². The molecule has 1 aromatic rings. The summed E-state index contributed by atoms with van der Waals surface area (Å²) in [5.74, 6) is 0.838. The fourth-order valence-electron chi connectivity index (χ4n) is 3.20. The van der Waals surface area contributed by atoms with Crippen LogP contribution in [-0.2, 0) is 4.74 Å². The first-order valence-corrected chi connectivity index (χ1v) is 10.3. The Bertz CT molecular complexity index is 621. The van der Waals surface area contributed by atoms with Crippen LogP contribution in [0.2, 0.25) is 0 Å². The van der Waals surface area contributed by atoms with Crippen molar-refractivity contribution in [3.05, 3.63) is 30.3 Å². The Morgan fingerprint density at radius 2 is 1.93 bits per heavy atom. The second-order valence-electron chi connectivity index (χ2n) is 7.12. The Morgan fingerprint density at radius 3 is 2.52 bits per heavy atom. The summed E-state index contributed by atoms with van der Waals surface area (Å²) in [4.78, 5) is 20.6. The number of nitrogens with one attached hydrogen (secondary N) is 2. The number of aliphatic imine (C=N–C) groups is 1. The van der Waals surface area contributed by atoms with Crippen LogP contribution < -0.4 is 15.5 Å². The zero-order valence-electron chi connectivity index (χ0n) is 18.1. The van der Waals surface area contributed by atoms with Gasteiger partial charge in [0.2, 0.25) is 0 Å². The van der Waals surface area contributed by atoms with E-state index >= 15 is 0 Å². The van der Waals surface area contributed by atoms with Crippen molar-refractivity contribution in [2.24, 2.45) is 4.99 Å². The standard InChI is InChI=1S/C21H35N5O2.HI/c1-5-22-20(23-16-17(3)25(4)19-10-8-7-9-11-19)24-18-12-14-26(15-13-18)21(27)28-6-2;/h7-11,17-18H,5-6,12-16H2,1-4H3,(H2,22,23,24);1H. The molecule has 0 aromatic heterocycles. The minimum atomic E-state index is -0.209. The number of benzene rings is 1. The van der Waals surface area contributed by atoms with E-state index in [4.69, 9.17) is 9.73 Å². The highest BCUT2D eigenvalue weighted by molar-refractivity contribution is 14.0. The average molecular weight is 517 g/mol. The lowest BCUT2D eigenvalue weighted by atomic mass is 10.1. The maximum absolute atomic E-state index is 11.8. The number of likely N-dealkylation sites (N-methyl/N-ethyl adjacent to an activating group) is 1. The maximum atomic E-state index is 11.8. The molecule has 2 N–H and O–H groups in total. The number of carbonyl (C=O) groups is 1. The van der Waals surface area contributed by atoms with Gasteiger partial charge in [-0.25, -0.2) is 4.79 Å². The van der Waals surface area contributed by atoms with E-state index in [1.807, 2.05) is 13.0 Å². The first-order chi connectivity index (χ1) is 13.5. The Balaban J connectivity index is 0.00000420. The van der Waals surface area contributed by atoms with Crippen LogP contribution >= 0.6 is 24.0 Å². The number of ether oxygens (including phenoxy) is 1. The molecule has 0 aliphatic carbocycles. The molecule has 164 valence electrons. The van der Waals surface area contributed by atoms with Gasteiger partial charge in [0.25, 0.3) is 0 Å². The normalized spacial score (nSPS) is 15.9. The number of halogens is 1. The van der Waals surface area contributed by atoms with Gasteiger partial charge in [-0.1, -0.05) is 18.2 Å². The van der Waals surface area contributed by atoms with Crippen molar-refractivity contribution in [2.75, 3.05) is 44.7 Å². The highest BCUT2D eigenvalue weighted by atomic mass is 127. The summed E-state index contributed by atoms with van der Waals surface area (Å²) >= 11 is 0. The number of hydrogen-bond acceptors (Lipinski definition) is 4. The van der Waals surface area contributed by atoms with Crippen molar-refractivity contribution in [1.82, 2.24) is 15.5 Å². The average Bonchev–Trinajstić information content (AvgIpc) is 2.72. The number of para-hydroxylation sites is 1. The molecular formula is C21H36IN5O2. The van der Waals surface area contributed by atoms with Gasteiger partial charge in [0.1, 0.15) is 0 Å². The van der Waals surface area contributed by atoms with Crippen LogP contribution in [0.4, 0.5) is 10.5 Å². The Morgan fingerprint density at radius 1 is 1.28 bits per heavy atom. The lowest BCUT2D eigenvalue weighted by Gasteiger charge is -2.32. The zero-order valence-corrected chi connectivity index (χ0v) is 20.4. The lowest BCUT2D eigenvalue weighted by molar-refractivity contribution is 0.0963. The summed E-state index contributed by atoms with van der Waals surface area (Å²) in [5, 5.41) is 6.86. The molecule has 1 amide bonds. The summed E-state index contributed by atoms with van der Waals surface area (Å²) in [6.45, 7) is 9.44. The molecule has 1 atom stereocenters. The van der Waals surface area contributed by atoms with Crippen molar-refractivity contribution in [3.8, 4) is 0 Å². The Labute approximate surface area is 192 Å². The van der Waals surface area contributed by atoms with Gasteiger partial charge in [-0.15, -0.1) is 24.0 Å². The van der Waals surface area contributed by atoms with Gasteiger partial charge in [-0.05, 0) is 45.7 Å². The topological polar surface area (TPSA) is 69.2 Å². The number of likely N-dealkylation sites (tertiary alicyclic amines) is 1. The third-order valence-corrected chi connectivity index (χ3v) is 5.04. The molecule has 1 fully saturated rings. The van der Waals surface area contributed by atoms with Crippen molar-refractivity contribution >= 4 is 41.7 Å². The number of anilines is 1. The minimum Gasteiger partial charge on any atom is -0.450 e. The number of piperidine rings is 1. The second-order valence-corrected chi connectivity index (χ2v) is 7.12. The largest absolute Gasteiger partial charge is 0.450 e. The van der Waals surface area contributed by atoms with Crippen molar-refractivity contribution in [1.29, 1.82) is 0 Å². The number of guanidine groups is 1. The molecule has 7 nitrogen and oxygen atoms in total. The lowest BCUT2D eigenvalue weighted by Crippen LogP contribution is -2.50. The summed E-state index contributed by atoms with van der Waals surface area (Å²) < 4.78 is 5.09. The number of amides is 1. The molecule has 0 spiro atoms. The fourth-order valence-corrected chi connectivity index (χ4v) is 3.20. The molecule has 1 aromatic carbocycles. The van der Waals surface area contributed by atoms with E-state index in [9.17, 15) is 4.79 Å². The number of hydrogen-bond donors (Lipinski definition) is 2. The summed E-state index contributed by atoms with van der Waals surface area (Å²) in [5.41, 5.74) is 1.19. The molecule has 0 bridgehead atoms. The van der Waals surface area contributed by atoms with Crippen LogP contribution in [-0.4, -0.2) is 68.9 Å². The molecule has 1 aliphatic heterocycles. The van der Waals surface area contributed by atoms with E-state index < -0.39 is 0 Å². The van der Waals surface area contributed by atoms with Gasteiger partial charge < -0.3 is 25.2 Å². The van der Waals surface area contributed by atoms with E-state index in [0.717, 1.165) is 25.3 Å². The third-order valence-electron chi connectivity index (χ3n) is 5.04. The van der Waals surface area contributed by atoms with Gasteiger partial charge in [0.15, 0.2) is 5.96 Å². The van der Waals surface area contributed by atoms with E-state index in [0.29, 0.717) is 32.3 Å². The van der Waals surface area contributed by atoms with E-state index in [1.165, 1.54) is 5.69 Å². The SMILES string of the molecule is CCNC(=NCC(C)N(C)c1ccccc1)NC1CCN(C(=O)OCC)CC1.I. The Kier molecular flexibility index (Phi) is 11.8. The smallest absolute Gasteiger partial charge is 0.409 e. The molecule has 1 saturated heterocycles. The van der Waals surface area contributed by atoms with Crippen molar-refractivity contribution in [2.45, 2.75) is 45.7 Å². The van der Waals surface area contributed by atoms with Crippen molar-refractivity contribution in [3.63, 3.8) is 0 Å². The first-order valence-electron chi connectivity index (χ1n) is 10.3. The summed E-state index contributed by atoms with van der Waals surface area (Å²) in [6.07, 6.45) is 1.57. The van der Waals surface area contributed by atoms with Crippen molar-refractivity contribution < 1.29 is 9.53 Å². The highest BCUT2D eigenvalue weighted by Gasteiger charge is 2.24. The van der Waals surface area contributed by atoms with Crippen LogP contribution in [0.5, 0.6) is 0 Å². The molecule has 1 heterocycles. The second kappa shape index (κ2) is 13.5. The summed E-state index contributed by atoms with van der Waals surface area (Å²) in [7, 11) is 2.10. The molecule has 1 aliphatic rings. The first kappa shape index (κ1) is 25.3. The molecule has 8 heteroatoms. The van der Waals surface area contributed by atoms with Gasteiger partial charge in [0.05, 0.1) is 13.2 Å². The van der Waals surface area contributed by atoms with Gasteiger partial charge in [-0.2, -0.15) is 0 Å². The zero-order chi connectivity index (χ0) is 20.4. The fraction of sp³-hybridized carbons (Fsp3) is 0.619. The van der Waals surface area contributed by atoms with Crippen LogP contribution in [0, 0.1) is 0 Å². The quantitative estimate of drug-likeness (QED) is 0.330. The molecule has 0 radical (unpaired) electrons. The molecular weight excluding hydrogens is 481 g/mol. The predicted octanol–water partition coefficient (Wildman–Crippen LogP) is 3.31. The van der Waals surface area contributed by atoms with Gasteiger partial charge in [-0.3, -0.25) is 4.99 Å². The highest BCUT2D eigenvalue weighted by Crippen LogP contribution is 2.14. The third kappa shape index (κ3) is 8.28. The van der Waals surface area contributed by atoms with Gasteiger partial charge >= 0.3 is 6.09 Å². The Hall–Kier alpha value is -1.71. The predicted molar refractivity (Wildman–Crippen MR) is 130 cm³/mol. The van der Waals surface area contributed by atoms with E-state index in [-0.39, 0.29) is 36.1 Å². The maximum Gasteiger partial charge on any atom is 0.409 e. The van der Waals surface area contributed by atoms with Crippen LogP contribution in [0.25, 0.3) is 0 Å². The molecule has 2 rings (SSSR count). The minimum absolute atomic E-state index is 0. The van der Waals surface area contributed by atoms with E-state index in [1.54, 1.807) is 4.90 Å². The van der Waals surface area contributed by atoms with Crippen LogP contribution in [0.3, 0.4) is 0 Å². The number of nitrogens with zero attached hydrogens (tertiary/aromatic N) is 3. The number of carbonyl (C=O) groups excluding carboxylic acids is 1. The number of rotatable bonds is 7. The monoisotopic (exact) mass is 517 g/mol. The van der Waals surface area contributed by atoms with Crippen LogP contribution in [0.1, 0.15) is 33.6 Å². The molecule has 1 unspecified atom stereocenters. The van der Waals surface area contributed by atoms with Crippen LogP contribution in [0.15, 0.2) is 35.3 Å². The summed E-state index contributed by atoms with van der Waals surface area (Å²) in [6, 6.07) is 10.9. The van der Waals surface area contributed by atoms with Gasteiger partial charge in [0, 0.05) is 44.5 Å². The molecule has 29 heavy (non-hydrogen) atoms.